The summed E-state index contributed by atoms with van der Waals surface area (Å²) in [5.74, 6) is 0.204. The van der Waals surface area contributed by atoms with E-state index in [9.17, 15) is 4.79 Å². The fourth-order valence-electron chi connectivity index (χ4n) is 4.36. The van der Waals surface area contributed by atoms with E-state index in [1.54, 1.807) is 0 Å². The monoisotopic (exact) mass is 371 g/mol. The number of amides is 1. The van der Waals surface area contributed by atoms with Crippen LogP contribution in [0.15, 0.2) is 91.0 Å². The summed E-state index contributed by atoms with van der Waals surface area (Å²) >= 11 is 0. The van der Waals surface area contributed by atoms with E-state index in [1.807, 2.05) is 59.5 Å². The second kappa shape index (κ2) is 7.51. The zero-order chi connectivity index (χ0) is 19.6. The number of carbonyl (C=O) groups is 1. The molecule has 0 spiro atoms. The van der Waals surface area contributed by atoms with Gasteiger partial charge in [-0.1, -0.05) is 105 Å². The second-order valence-corrected chi connectivity index (χ2v) is 7.64. The molecule has 3 heteroatoms. The fraction of sp³-hybridized carbons (Fsp3) is 0.240. The van der Waals surface area contributed by atoms with Crippen molar-refractivity contribution in [1.29, 1.82) is 0 Å². The summed E-state index contributed by atoms with van der Waals surface area (Å²) in [4.78, 5) is 15.0. The molecule has 0 aliphatic carbocycles. The molecule has 3 nitrogen and oxygen atoms in total. The van der Waals surface area contributed by atoms with Crippen molar-refractivity contribution in [2.75, 3.05) is 0 Å². The number of hydrogen-bond acceptors (Lipinski definition) is 2. The van der Waals surface area contributed by atoms with E-state index in [0.29, 0.717) is 6.54 Å². The van der Waals surface area contributed by atoms with Gasteiger partial charge in [0.1, 0.15) is 0 Å². The van der Waals surface area contributed by atoms with E-state index >= 15 is 0 Å². The van der Waals surface area contributed by atoms with Crippen LogP contribution in [0.4, 0.5) is 4.79 Å². The van der Waals surface area contributed by atoms with Crippen LogP contribution in [0.3, 0.4) is 0 Å². The molecule has 1 aliphatic heterocycles. The number of benzene rings is 3. The van der Waals surface area contributed by atoms with Gasteiger partial charge >= 0.3 is 6.09 Å². The number of nitrogens with zero attached hydrogens (tertiary/aromatic N) is 1. The molecule has 1 fully saturated rings. The maximum absolute atomic E-state index is 13.2. The number of rotatable bonds is 5. The fourth-order valence-corrected chi connectivity index (χ4v) is 4.36. The van der Waals surface area contributed by atoms with E-state index in [4.69, 9.17) is 4.74 Å². The molecule has 0 aromatic heterocycles. The van der Waals surface area contributed by atoms with Crippen LogP contribution in [0, 0.1) is 5.92 Å². The molecule has 3 aromatic carbocycles. The number of cyclic esters (lactones) is 1. The Hall–Kier alpha value is -3.07. The van der Waals surface area contributed by atoms with Crippen LogP contribution in [0.1, 0.15) is 30.5 Å². The van der Waals surface area contributed by atoms with E-state index in [2.05, 4.69) is 50.2 Å². The van der Waals surface area contributed by atoms with Crippen molar-refractivity contribution in [2.45, 2.75) is 32.0 Å². The maximum atomic E-state index is 13.2. The predicted octanol–water partition coefficient (Wildman–Crippen LogP) is 5.61. The summed E-state index contributed by atoms with van der Waals surface area (Å²) in [6, 6.07) is 30.2. The Morgan fingerprint density at radius 3 is 1.75 bits per heavy atom. The highest BCUT2D eigenvalue weighted by atomic mass is 16.6. The van der Waals surface area contributed by atoms with Crippen LogP contribution in [0.2, 0.25) is 0 Å². The Morgan fingerprint density at radius 1 is 0.821 bits per heavy atom. The maximum Gasteiger partial charge on any atom is 0.411 e. The van der Waals surface area contributed by atoms with E-state index in [0.717, 1.165) is 16.7 Å². The highest BCUT2D eigenvalue weighted by molar-refractivity contribution is 5.74. The first-order chi connectivity index (χ1) is 13.6. The largest absolute Gasteiger partial charge is 0.431 e. The van der Waals surface area contributed by atoms with Gasteiger partial charge in [-0.25, -0.2) is 4.79 Å². The summed E-state index contributed by atoms with van der Waals surface area (Å²) in [7, 11) is 0. The summed E-state index contributed by atoms with van der Waals surface area (Å²) < 4.78 is 6.27. The van der Waals surface area contributed by atoms with Crippen LogP contribution in [0.5, 0.6) is 0 Å². The van der Waals surface area contributed by atoms with Crippen LogP contribution in [-0.2, 0) is 16.9 Å². The zero-order valence-electron chi connectivity index (χ0n) is 16.3. The molecule has 0 radical (unpaired) electrons. The first-order valence-electron chi connectivity index (χ1n) is 9.77. The average Bonchev–Trinajstić information content (AvgIpc) is 3.03. The molecule has 1 saturated heterocycles. The Labute approximate surface area is 166 Å². The van der Waals surface area contributed by atoms with Crippen molar-refractivity contribution >= 4 is 6.09 Å². The molecule has 1 amide bonds. The minimum Gasteiger partial charge on any atom is -0.431 e. The standard InChI is InChI=1S/C25H25NO2/c1-19(2)23-25(21-14-8-4-9-15-21,22-16-10-5-11-17-22)28-24(27)26(23)18-20-12-6-3-7-13-20/h3-17,19,23H,18H2,1-2H3. The Morgan fingerprint density at radius 2 is 1.29 bits per heavy atom. The van der Waals surface area contributed by atoms with Gasteiger partial charge in [-0.2, -0.15) is 0 Å². The molecule has 1 atom stereocenters. The van der Waals surface area contributed by atoms with E-state index < -0.39 is 5.60 Å². The van der Waals surface area contributed by atoms with Gasteiger partial charge in [-0.3, -0.25) is 4.90 Å². The lowest BCUT2D eigenvalue weighted by molar-refractivity contribution is 0.0544. The lowest BCUT2D eigenvalue weighted by Crippen LogP contribution is -2.47. The molecule has 1 heterocycles. The van der Waals surface area contributed by atoms with Crippen LogP contribution in [0.25, 0.3) is 0 Å². The zero-order valence-corrected chi connectivity index (χ0v) is 16.3. The molecular formula is C25H25NO2. The Bertz CT molecular complexity index is 883. The average molecular weight is 371 g/mol. The summed E-state index contributed by atoms with van der Waals surface area (Å²) in [6.45, 7) is 4.85. The van der Waals surface area contributed by atoms with Gasteiger partial charge in [-0.15, -0.1) is 0 Å². The Kier molecular flexibility index (Phi) is 4.91. The quantitative estimate of drug-likeness (QED) is 0.584. The first-order valence-corrected chi connectivity index (χ1v) is 9.77. The van der Waals surface area contributed by atoms with Crippen molar-refractivity contribution in [3.05, 3.63) is 108 Å². The number of hydrogen-bond donors (Lipinski definition) is 0. The molecule has 0 bridgehead atoms. The highest BCUT2D eigenvalue weighted by Crippen LogP contribution is 2.47. The van der Waals surface area contributed by atoms with E-state index in [-0.39, 0.29) is 18.1 Å². The lowest BCUT2D eigenvalue weighted by atomic mass is 9.75. The third-order valence-electron chi connectivity index (χ3n) is 5.47. The minimum absolute atomic E-state index is 0.120. The van der Waals surface area contributed by atoms with Crippen LogP contribution >= 0.6 is 0 Å². The summed E-state index contributed by atoms with van der Waals surface area (Å²) in [5.41, 5.74) is 2.28. The van der Waals surface area contributed by atoms with Gasteiger partial charge in [0.15, 0.2) is 5.60 Å². The third kappa shape index (κ3) is 3.07. The SMILES string of the molecule is CC(C)C1N(Cc2ccccc2)C(=O)OC1(c1ccccc1)c1ccccc1. The predicted molar refractivity (Wildman–Crippen MR) is 111 cm³/mol. The topological polar surface area (TPSA) is 29.5 Å². The van der Waals surface area contributed by atoms with Gasteiger partial charge < -0.3 is 4.74 Å². The van der Waals surface area contributed by atoms with E-state index in [1.165, 1.54) is 0 Å². The van der Waals surface area contributed by atoms with Gasteiger partial charge in [0.25, 0.3) is 0 Å². The van der Waals surface area contributed by atoms with Crippen molar-refractivity contribution < 1.29 is 9.53 Å². The van der Waals surface area contributed by atoms with Crippen molar-refractivity contribution in [3.63, 3.8) is 0 Å². The normalized spacial score (nSPS) is 18.3. The summed E-state index contributed by atoms with van der Waals surface area (Å²) in [6.07, 6.45) is -0.268. The van der Waals surface area contributed by atoms with Gasteiger partial charge in [-0.05, 0) is 11.5 Å². The molecule has 4 rings (SSSR count). The van der Waals surface area contributed by atoms with Gasteiger partial charge in [0.05, 0.1) is 6.04 Å². The molecule has 1 aliphatic rings. The second-order valence-electron chi connectivity index (χ2n) is 7.64. The minimum atomic E-state index is -0.831. The first kappa shape index (κ1) is 18.3. The summed E-state index contributed by atoms with van der Waals surface area (Å²) in [5, 5.41) is 0. The van der Waals surface area contributed by atoms with Crippen LogP contribution in [-0.4, -0.2) is 17.0 Å². The lowest BCUT2D eigenvalue weighted by Gasteiger charge is -2.38. The Balaban J connectivity index is 1.87. The molecule has 3 aromatic rings. The van der Waals surface area contributed by atoms with Crippen molar-refractivity contribution in [3.8, 4) is 0 Å². The highest BCUT2D eigenvalue weighted by Gasteiger charge is 2.57. The smallest absolute Gasteiger partial charge is 0.411 e. The van der Waals surface area contributed by atoms with Crippen molar-refractivity contribution in [1.82, 2.24) is 4.90 Å². The van der Waals surface area contributed by atoms with Crippen molar-refractivity contribution in [2.24, 2.45) is 5.92 Å². The molecule has 28 heavy (non-hydrogen) atoms. The number of ether oxygens (including phenoxy) is 1. The van der Waals surface area contributed by atoms with Gasteiger partial charge in [0, 0.05) is 17.7 Å². The van der Waals surface area contributed by atoms with Gasteiger partial charge in [0.2, 0.25) is 0 Å². The molecule has 0 saturated carbocycles. The third-order valence-corrected chi connectivity index (χ3v) is 5.47. The molecular weight excluding hydrogens is 346 g/mol. The molecule has 1 unspecified atom stereocenters. The number of carbonyl (C=O) groups excluding carboxylic acids is 1. The molecule has 0 N–H and O–H groups in total. The van der Waals surface area contributed by atoms with Crippen LogP contribution < -0.4 is 0 Å². The molecule has 142 valence electrons.